The molecule has 108 valence electrons. The summed E-state index contributed by atoms with van der Waals surface area (Å²) in [4.78, 5) is 4.43. The van der Waals surface area contributed by atoms with Gasteiger partial charge in [0.05, 0.1) is 0 Å². The molecule has 0 fully saturated rings. The highest BCUT2D eigenvalue weighted by molar-refractivity contribution is 5.84. The predicted molar refractivity (Wildman–Crippen MR) is 84.2 cm³/mol. The number of pyridine rings is 1. The molecular formula is C17H24N2O. The van der Waals surface area contributed by atoms with Crippen molar-refractivity contribution in [1.29, 1.82) is 0 Å². The highest BCUT2D eigenvalue weighted by atomic mass is 16.5. The van der Waals surface area contributed by atoms with Gasteiger partial charge in [0.2, 0.25) is 0 Å². The predicted octanol–water partition coefficient (Wildman–Crippen LogP) is 3.78. The lowest BCUT2D eigenvalue weighted by molar-refractivity contribution is 0.183. The van der Waals surface area contributed by atoms with Crippen LogP contribution < -0.4 is 10.1 Å². The van der Waals surface area contributed by atoms with Crippen LogP contribution in [0.3, 0.4) is 0 Å². The minimum atomic E-state index is 0.105. The monoisotopic (exact) mass is 272 g/mol. The molecule has 0 saturated carbocycles. The fourth-order valence-corrected chi connectivity index (χ4v) is 2.04. The molecule has 0 bridgehead atoms. The van der Waals surface area contributed by atoms with Crippen molar-refractivity contribution < 1.29 is 4.74 Å². The summed E-state index contributed by atoms with van der Waals surface area (Å²) in [5.74, 6) is 0.866. The minimum Gasteiger partial charge on any atom is -0.487 e. The van der Waals surface area contributed by atoms with Gasteiger partial charge in [-0.25, -0.2) is 0 Å². The molecule has 1 atom stereocenters. The minimum absolute atomic E-state index is 0.105. The van der Waals surface area contributed by atoms with Gasteiger partial charge in [-0.2, -0.15) is 0 Å². The van der Waals surface area contributed by atoms with Crippen LogP contribution in [0.4, 0.5) is 0 Å². The summed E-state index contributed by atoms with van der Waals surface area (Å²) in [5.41, 5.74) is 1.04. The first-order chi connectivity index (χ1) is 9.49. The lowest BCUT2D eigenvalue weighted by atomic mass is 10.1. The molecule has 3 heteroatoms. The van der Waals surface area contributed by atoms with E-state index in [4.69, 9.17) is 4.74 Å². The van der Waals surface area contributed by atoms with Crippen LogP contribution in [0.5, 0.6) is 5.75 Å². The smallest absolute Gasteiger partial charge is 0.146 e. The Morgan fingerprint density at radius 3 is 2.65 bits per heavy atom. The Bertz CT molecular complexity index is 555. The second-order valence-corrected chi connectivity index (χ2v) is 6.11. The van der Waals surface area contributed by atoms with Gasteiger partial charge in [-0.15, -0.1) is 0 Å². The van der Waals surface area contributed by atoms with Crippen LogP contribution in [0.15, 0.2) is 36.5 Å². The zero-order valence-electron chi connectivity index (χ0n) is 12.8. The lowest BCUT2D eigenvalue weighted by Gasteiger charge is -2.25. The summed E-state index contributed by atoms with van der Waals surface area (Å²) in [5, 5.41) is 4.61. The molecule has 0 aliphatic rings. The van der Waals surface area contributed by atoms with Crippen molar-refractivity contribution in [3.63, 3.8) is 0 Å². The number of rotatable bonds is 5. The lowest BCUT2D eigenvalue weighted by Crippen LogP contribution is -2.42. The summed E-state index contributed by atoms with van der Waals surface area (Å²) in [6.07, 6.45) is 2.93. The molecule has 0 saturated heterocycles. The molecule has 1 N–H and O–H groups in total. The fraction of sp³-hybridized carbons (Fsp3) is 0.471. The van der Waals surface area contributed by atoms with Crippen molar-refractivity contribution in [3.8, 4) is 5.75 Å². The van der Waals surface area contributed by atoms with Crippen molar-refractivity contribution in [2.24, 2.45) is 0 Å². The summed E-state index contributed by atoms with van der Waals surface area (Å²) in [6.45, 7) is 9.48. The Morgan fingerprint density at radius 2 is 1.95 bits per heavy atom. The normalized spacial score (nSPS) is 13.4. The number of ether oxygens (including phenoxy) is 1. The number of benzene rings is 1. The van der Waals surface area contributed by atoms with E-state index in [2.05, 4.69) is 50.1 Å². The van der Waals surface area contributed by atoms with Gasteiger partial charge in [0.25, 0.3) is 0 Å². The summed E-state index contributed by atoms with van der Waals surface area (Å²) in [7, 11) is 0. The largest absolute Gasteiger partial charge is 0.487 e. The van der Waals surface area contributed by atoms with E-state index < -0.39 is 0 Å². The molecule has 20 heavy (non-hydrogen) atoms. The van der Waals surface area contributed by atoms with Gasteiger partial charge in [-0.3, -0.25) is 4.98 Å². The molecule has 3 nitrogen and oxygen atoms in total. The number of hydrogen-bond acceptors (Lipinski definition) is 3. The molecule has 0 spiro atoms. The third-order valence-electron chi connectivity index (χ3n) is 3.20. The van der Waals surface area contributed by atoms with Crippen molar-refractivity contribution in [2.45, 2.75) is 45.8 Å². The molecule has 0 aliphatic carbocycles. The number of hydrogen-bond donors (Lipinski definition) is 1. The second kappa shape index (κ2) is 6.23. The molecule has 1 heterocycles. The average Bonchev–Trinajstić information content (AvgIpc) is 2.42. The van der Waals surface area contributed by atoms with Gasteiger partial charge in [-0.05, 0) is 39.3 Å². The van der Waals surface area contributed by atoms with Crippen molar-refractivity contribution in [2.75, 3.05) is 6.54 Å². The molecule has 2 aromatic rings. The third kappa shape index (κ3) is 3.94. The zero-order valence-corrected chi connectivity index (χ0v) is 12.8. The highest BCUT2D eigenvalue weighted by Crippen LogP contribution is 2.24. The Morgan fingerprint density at radius 1 is 1.20 bits per heavy atom. The van der Waals surface area contributed by atoms with Crippen molar-refractivity contribution in [1.82, 2.24) is 10.3 Å². The maximum absolute atomic E-state index is 6.15. The summed E-state index contributed by atoms with van der Waals surface area (Å²) >= 11 is 0. The Labute approximate surface area is 121 Å². The maximum Gasteiger partial charge on any atom is 0.146 e. The fourth-order valence-electron chi connectivity index (χ4n) is 2.04. The number of para-hydroxylation sites is 1. The molecule has 1 aromatic heterocycles. The van der Waals surface area contributed by atoms with Crippen LogP contribution in [-0.2, 0) is 0 Å². The Balaban J connectivity index is 2.13. The Hall–Kier alpha value is -1.61. The SMILES string of the molecule is CCC(CNC(C)(C)C)Oc1cccc2cccnc12. The number of nitrogens with zero attached hydrogens (tertiary/aromatic N) is 1. The van der Waals surface area contributed by atoms with Crippen LogP contribution in [0.1, 0.15) is 34.1 Å². The first kappa shape index (κ1) is 14.8. The van der Waals surface area contributed by atoms with Gasteiger partial charge < -0.3 is 10.1 Å². The molecule has 0 aliphatic heterocycles. The van der Waals surface area contributed by atoms with Crippen LogP contribution in [0.2, 0.25) is 0 Å². The third-order valence-corrected chi connectivity index (χ3v) is 3.20. The maximum atomic E-state index is 6.15. The zero-order chi connectivity index (χ0) is 14.6. The average molecular weight is 272 g/mol. The highest BCUT2D eigenvalue weighted by Gasteiger charge is 2.15. The standard InChI is InChI=1S/C17H24N2O/c1-5-14(12-19-17(2,3)4)20-15-10-6-8-13-9-7-11-18-16(13)15/h6-11,14,19H,5,12H2,1-4H3. The van der Waals surface area contributed by atoms with Gasteiger partial charge in [-0.1, -0.05) is 25.1 Å². The van der Waals surface area contributed by atoms with E-state index in [9.17, 15) is 0 Å². The molecule has 1 unspecified atom stereocenters. The van der Waals surface area contributed by atoms with E-state index in [1.807, 2.05) is 24.4 Å². The second-order valence-electron chi connectivity index (χ2n) is 6.11. The summed E-state index contributed by atoms with van der Waals surface area (Å²) < 4.78 is 6.15. The van der Waals surface area contributed by atoms with E-state index in [0.717, 1.165) is 29.6 Å². The molecule has 2 rings (SSSR count). The number of aromatic nitrogens is 1. The van der Waals surface area contributed by atoms with E-state index in [-0.39, 0.29) is 11.6 Å². The number of fused-ring (bicyclic) bond motifs is 1. The molecule has 0 radical (unpaired) electrons. The van der Waals surface area contributed by atoms with E-state index in [1.165, 1.54) is 0 Å². The molecule has 0 amide bonds. The van der Waals surface area contributed by atoms with Gasteiger partial charge in [0, 0.05) is 23.7 Å². The first-order valence-electron chi connectivity index (χ1n) is 7.25. The van der Waals surface area contributed by atoms with Gasteiger partial charge in [0.1, 0.15) is 17.4 Å². The number of nitrogens with one attached hydrogen (secondary N) is 1. The summed E-state index contributed by atoms with van der Waals surface area (Å²) in [6, 6.07) is 10.1. The van der Waals surface area contributed by atoms with E-state index in [0.29, 0.717) is 0 Å². The van der Waals surface area contributed by atoms with Crippen LogP contribution in [0.25, 0.3) is 10.9 Å². The van der Waals surface area contributed by atoms with Crippen molar-refractivity contribution in [3.05, 3.63) is 36.5 Å². The topological polar surface area (TPSA) is 34.1 Å². The first-order valence-corrected chi connectivity index (χ1v) is 7.25. The van der Waals surface area contributed by atoms with E-state index >= 15 is 0 Å². The van der Waals surface area contributed by atoms with Crippen LogP contribution in [-0.4, -0.2) is 23.2 Å². The van der Waals surface area contributed by atoms with Gasteiger partial charge in [0.15, 0.2) is 0 Å². The van der Waals surface area contributed by atoms with Crippen LogP contribution in [0, 0.1) is 0 Å². The Kier molecular flexibility index (Phi) is 4.61. The van der Waals surface area contributed by atoms with E-state index in [1.54, 1.807) is 0 Å². The van der Waals surface area contributed by atoms with Crippen molar-refractivity contribution >= 4 is 10.9 Å². The molecular weight excluding hydrogens is 248 g/mol. The molecule has 1 aromatic carbocycles. The van der Waals surface area contributed by atoms with Gasteiger partial charge >= 0.3 is 0 Å². The van der Waals surface area contributed by atoms with Crippen LogP contribution >= 0.6 is 0 Å². The quantitative estimate of drug-likeness (QED) is 0.899.